The SMILES string of the molecule is O=C(O)c1cc(C(=O)O)c2cc(/C=C/c3ccc(-c4ccc(/C=C/c5ccc6nc(C(=O)O)cc(C(=O)O)c6c5)cc4)cc3)ccc2n1. The predicted molar refractivity (Wildman–Crippen MR) is 181 cm³/mol. The van der Waals surface area contributed by atoms with Crippen molar-refractivity contribution in [3.05, 3.63) is 142 Å². The average molecular weight is 637 g/mol. The van der Waals surface area contributed by atoms with E-state index in [9.17, 15) is 39.6 Å². The second-order valence-corrected chi connectivity index (χ2v) is 10.8. The van der Waals surface area contributed by atoms with Crippen molar-refractivity contribution >= 4 is 70.0 Å². The van der Waals surface area contributed by atoms with E-state index in [0.29, 0.717) is 10.8 Å². The van der Waals surface area contributed by atoms with E-state index < -0.39 is 23.9 Å². The molecule has 0 radical (unpaired) electrons. The summed E-state index contributed by atoms with van der Waals surface area (Å²) >= 11 is 0. The Labute approximate surface area is 272 Å². The number of benzene rings is 4. The average Bonchev–Trinajstić information content (AvgIpc) is 3.08. The van der Waals surface area contributed by atoms with E-state index in [0.717, 1.165) is 45.5 Å². The molecule has 0 fully saturated rings. The molecule has 0 amide bonds. The van der Waals surface area contributed by atoms with Crippen molar-refractivity contribution in [1.29, 1.82) is 0 Å². The van der Waals surface area contributed by atoms with Crippen LogP contribution in [0.2, 0.25) is 0 Å². The molecular weight excluding hydrogens is 612 g/mol. The standard InChI is InChI=1S/C38H24N2O8/c41-35(42)29-19-33(37(45)46)39-31-15-9-23(17-27(29)31)3-1-21-5-11-25(12-6-21)26-13-7-22(8-14-26)2-4-24-10-16-32-28(18-24)30(36(43)44)20-34(40-32)38(47)48/h1-20H,(H,41,42)(H,43,44)(H,45,46)(H,47,48)/b3-1+,4-2+. The van der Waals surface area contributed by atoms with E-state index in [4.69, 9.17) is 0 Å². The molecule has 0 saturated carbocycles. The van der Waals surface area contributed by atoms with Gasteiger partial charge in [-0.15, -0.1) is 0 Å². The molecule has 6 rings (SSSR count). The summed E-state index contributed by atoms with van der Waals surface area (Å²) < 4.78 is 0. The van der Waals surface area contributed by atoms with Crippen LogP contribution in [0, 0.1) is 0 Å². The lowest BCUT2D eigenvalue weighted by atomic mass is 10.0. The Bertz CT molecular complexity index is 2170. The Hall–Kier alpha value is -6.94. The molecule has 0 bridgehead atoms. The van der Waals surface area contributed by atoms with Crippen molar-refractivity contribution in [2.75, 3.05) is 0 Å². The molecule has 0 spiro atoms. The Morgan fingerprint density at radius 2 is 0.750 bits per heavy atom. The van der Waals surface area contributed by atoms with Crippen molar-refractivity contribution in [3.63, 3.8) is 0 Å². The molecule has 0 aliphatic heterocycles. The largest absolute Gasteiger partial charge is 0.478 e. The van der Waals surface area contributed by atoms with Gasteiger partial charge >= 0.3 is 23.9 Å². The molecule has 4 aromatic carbocycles. The van der Waals surface area contributed by atoms with Crippen molar-refractivity contribution in [3.8, 4) is 11.1 Å². The smallest absolute Gasteiger partial charge is 0.354 e. The maximum atomic E-state index is 11.8. The molecule has 0 aliphatic carbocycles. The van der Waals surface area contributed by atoms with Gasteiger partial charge in [0.1, 0.15) is 11.4 Å². The first-order valence-electron chi connectivity index (χ1n) is 14.5. The minimum Gasteiger partial charge on any atom is -0.478 e. The highest BCUT2D eigenvalue weighted by Crippen LogP contribution is 2.25. The van der Waals surface area contributed by atoms with Crippen LogP contribution in [0.25, 0.3) is 57.2 Å². The zero-order chi connectivity index (χ0) is 33.9. The third-order valence-corrected chi connectivity index (χ3v) is 7.66. The molecule has 4 N–H and O–H groups in total. The van der Waals surface area contributed by atoms with Gasteiger partial charge in [0.25, 0.3) is 0 Å². The Morgan fingerprint density at radius 1 is 0.417 bits per heavy atom. The Morgan fingerprint density at radius 3 is 1.08 bits per heavy atom. The number of fused-ring (bicyclic) bond motifs is 2. The van der Waals surface area contributed by atoms with E-state index in [1.807, 2.05) is 72.8 Å². The Balaban J connectivity index is 1.16. The van der Waals surface area contributed by atoms with Crippen LogP contribution in [-0.2, 0) is 0 Å². The summed E-state index contributed by atoms with van der Waals surface area (Å²) in [6.07, 6.45) is 7.47. The molecule has 234 valence electrons. The second kappa shape index (κ2) is 12.8. The van der Waals surface area contributed by atoms with Gasteiger partial charge in [-0.2, -0.15) is 0 Å². The summed E-state index contributed by atoms with van der Waals surface area (Å²) in [7, 11) is 0. The molecule has 6 aromatic rings. The third kappa shape index (κ3) is 6.53. The topological polar surface area (TPSA) is 175 Å². The molecule has 0 atom stereocenters. The molecule has 0 aliphatic rings. The van der Waals surface area contributed by atoms with Crippen molar-refractivity contribution < 1.29 is 39.6 Å². The van der Waals surface area contributed by atoms with Gasteiger partial charge < -0.3 is 20.4 Å². The highest BCUT2D eigenvalue weighted by atomic mass is 16.4. The Kier molecular flexibility index (Phi) is 8.29. The summed E-state index contributed by atoms with van der Waals surface area (Å²) in [6.45, 7) is 0. The van der Waals surface area contributed by atoms with Crippen LogP contribution in [0.15, 0.2) is 97.1 Å². The van der Waals surface area contributed by atoms with Crippen LogP contribution in [0.5, 0.6) is 0 Å². The lowest BCUT2D eigenvalue weighted by Gasteiger charge is -2.06. The summed E-state index contributed by atoms with van der Waals surface area (Å²) in [5.41, 5.74) is 4.98. The van der Waals surface area contributed by atoms with Crippen molar-refractivity contribution in [2.24, 2.45) is 0 Å². The maximum absolute atomic E-state index is 11.8. The number of carboxylic acid groups (broad SMARTS) is 4. The first-order valence-corrected chi connectivity index (χ1v) is 14.5. The zero-order valence-electron chi connectivity index (χ0n) is 24.9. The summed E-state index contributed by atoms with van der Waals surface area (Å²) in [5, 5.41) is 38.4. The maximum Gasteiger partial charge on any atom is 0.354 e. The van der Waals surface area contributed by atoms with Crippen LogP contribution in [0.3, 0.4) is 0 Å². The normalized spacial score (nSPS) is 11.4. The van der Waals surface area contributed by atoms with Gasteiger partial charge in [-0.1, -0.05) is 85.0 Å². The van der Waals surface area contributed by atoms with E-state index in [-0.39, 0.29) is 33.5 Å². The van der Waals surface area contributed by atoms with Crippen molar-refractivity contribution in [2.45, 2.75) is 0 Å². The monoisotopic (exact) mass is 636 g/mol. The van der Waals surface area contributed by atoms with E-state index in [1.165, 1.54) is 0 Å². The third-order valence-electron chi connectivity index (χ3n) is 7.66. The van der Waals surface area contributed by atoms with E-state index >= 15 is 0 Å². The summed E-state index contributed by atoms with van der Waals surface area (Å²) in [4.78, 5) is 54.3. The van der Waals surface area contributed by atoms with Crippen LogP contribution in [-0.4, -0.2) is 54.3 Å². The lowest BCUT2D eigenvalue weighted by Crippen LogP contribution is -2.06. The number of hydrogen-bond acceptors (Lipinski definition) is 6. The number of aromatic carboxylic acids is 4. The molecule has 2 aromatic heterocycles. The van der Waals surface area contributed by atoms with Gasteiger partial charge in [0, 0.05) is 10.8 Å². The molecule has 10 heteroatoms. The summed E-state index contributed by atoms with van der Waals surface area (Å²) in [5.74, 6) is -5.06. The molecule has 0 unspecified atom stereocenters. The van der Waals surface area contributed by atoms with Crippen LogP contribution in [0.1, 0.15) is 63.9 Å². The van der Waals surface area contributed by atoms with Gasteiger partial charge in [0.05, 0.1) is 22.2 Å². The highest BCUT2D eigenvalue weighted by Gasteiger charge is 2.17. The number of hydrogen-bond donors (Lipinski definition) is 4. The fourth-order valence-corrected chi connectivity index (χ4v) is 5.23. The molecule has 10 nitrogen and oxygen atoms in total. The number of rotatable bonds is 9. The molecule has 2 heterocycles. The fraction of sp³-hybridized carbons (Fsp3) is 0. The van der Waals surface area contributed by atoms with Gasteiger partial charge in [0.15, 0.2) is 0 Å². The number of nitrogens with zero attached hydrogens (tertiary/aromatic N) is 2. The first kappa shape index (κ1) is 31.1. The fourth-order valence-electron chi connectivity index (χ4n) is 5.23. The summed E-state index contributed by atoms with van der Waals surface area (Å²) in [6, 6.07) is 27.9. The predicted octanol–water partition coefficient (Wildman–Crippen LogP) is 7.58. The first-order chi connectivity index (χ1) is 23.0. The van der Waals surface area contributed by atoms with Crippen LogP contribution in [0.4, 0.5) is 0 Å². The van der Waals surface area contributed by atoms with E-state index in [1.54, 1.807) is 36.4 Å². The number of aromatic nitrogens is 2. The zero-order valence-corrected chi connectivity index (χ0v) is 24.9. The second-order valence-electron chi connectivity index (χ2n) is 10.8. The quantitative estimate of drug-likeness (QED) is 0.116. The van der Waals surface area contributed by atoms with Gasteiger partial charge in [0.2, 0.25) is 0 Å². The van der Waals surface area contributed by atoms with Crippen molar-refractivity contribution in [1.82, 2.24) is 9.97 Å². The van der Waals surface area contributed by atoms with Crippen LogP contribution < -0.4 is 0 Å². The highest BCUT2D eigenvalue weighted by molar-refractivity contribution is 6.06. The van der Waals surface area contributed by atoms with Gasteiger partial charge in [-0.3, -0.25) is 0 Å². The van der Waals surface area contributed by atoms with E-state index in [2.05, 4.69) is 9.97 Å². The minimum absolute atomic E-state index is 0.128. The molecule has 48 heavy (non-hydrogen) atoms. The lowest BCUT2D eigenvalue weighted by molar-refractivity contribution is 0.0673. The van der Waals surface area contributed by atoms with Crippen LogP contribution >= 0.6 is 0 Å². The molecular formula is C38H24N2O8. The minimum atomic E-state index is -1.30. The number of pyridine rings is 2. The van der Waals surface area contributed by atoms with Gasteiger partial charge in [-0.25, -0.2) is 29.1 Å². The number of carboxylic acids is 4. The number of carbonyl (C=O) groups is 4. The molecule has 0 saturated heterocycles. The van der Waals surface area contributed by atoms with Gasteiger partial charge in [-0.05, 0) is 69.8 Å².